The van der Waals surface area contributed by atoms with Gasteiger partial charge in [0.2, 0.25) is 0 Å². The van der Waals surface area contributed by atoms with Crippen molar-refractivity contribution in [2.75, 3.05) is 19.5 Å². The van der Waals surface area contributed by atoms with Crippen LogP contribution in [0.1, 0.15) is 18.5 Å². The molecule has 1 N–H and O–H groups in total. The summed E-state index contributed by atoms with van der Waals surface area (Å²) < 4.78 is 11.7. The highest BCUT2D eigenvalue weighted by Gasteiger charge is 2.12. The lowest BCUT2D eigenvalue weighted by atomic mass is 10.1. The lowest BCUT2D eigenvalue weighted by Gasteiger charge is -2.19. The first-order valence-electron chi connectivity index (χ1n) is 6.38. The van der Waals surface area contributed by atoms with E-state index in [2.05, 4.69) is 34.2 Å². The summed E-state index contributed by atoms with van der Waals surface area (Å²) in [6.07, 6.45) is 0. The molecule has 0 aliphatic heterocycles. The van der Waals surface area contributed by atoms with Crippen molar-refractivity contribution in [3.63, 3.8) is 0 Å². The Hall–Kier alpha value is -1.68. The van der Waals surface area contributed by atoms with E-state index in [1.54, 1.807) is 14.2 Å². The molecule has 3 nitrogen and oxygen atoms in total. The summed E-state index contributed by atoms with van der Waals surface area (Å²) in [5.74, 6) is 1.70. The number of methoxy groups -OCH3 is 2. The fraction of sp³-hybridized carbons (Fsp3) is 0.250. The SMILES string of the molecule is COc1ccc(Br)c(NC(C)c2ccccc2OC)c1. The number of nitrogens with one attached hydrogen (secondary N) is 1. The summed E-state index contributed by atoms with van der Waals surface area (Å²) in [5, 5.41) is 3.47. The molecule has 0 aliphatic rings. The molecule has 20 heavy (non-hydrogen) atoms. The van der Waals surface area contributed by atoms with Gasteiger partial charge in [-0.25, -0.2) is 0 Å². The number of halogens is 1. The van der Waals surface area contributed by atoms with Gasteiger partial charge in [0.15, 0.2) is 0 Å². The van der Waals surface area contributed by atoms with Gasteiger partial charge in [-0.1, -0.05) is 18.2 Å². The number of para-hydroxylation sites is 1. The summed E-state index contributed by atoms with van der Waals surface area (Å²) in [4.78, 5) is 0. The molecular formula is C16H18BrNO2. The van der Waals surface area contributed by atoms with Crippen LogP contribution in [0.25, 0.3) is 0 Å². The summed E-state index contributed by atoms with van der Waals surface area (Å²) >= 11 is 3.55. The number of hydrogen-bond acceptors (Lipinski definition) is 3. The Bertz CT molecular complexity index is 586. The highest BCUT2D eigenvalue weighted by molar-refractivity contribution is 9.10. The van der Waals surface area contributed by atoms with Gasteiger partial charge in [-0.15, -0.1) is 0 Å². The number of benzene rings is 2. The smallest absolute Gasteiger partial charge is 0.124 e. The summed E-state index contributed by atoms with van der Waals surface area (Å²) in [6, 6.07) is 14.0. The van der Waals surface area contributed by atoms with Crippen molar-refractivity contribution in [3.8, 4) is 11.5 Å². The number of ether oxygens (including phenoxy) is 2. The van der Waals surface area contributed by atoms with Crippen molar-refractivity contribution in [2.24, 2.45) is 0 Å². The fourth-order valence-corrected chi connectivity index (χ4v) is 2.44. The Labute approximate surface area is 128 Å². The zero-order chi connectivity index (χ0) is 14.5. The monoisotopic (exact) mass is 335 g/mol. The fourth-order valence-electron chi connectivity index (χ4n) is 2.08. The second kappa shape index (κ2) is 6.66. The molecule has 0 aliphatic carbocycles. The molecule has 0 aromatic heterocycles. The van der Waals surface area contributed by atoms with Crippen molar-refractivity contribution in [3.05, 3.63) is 52.5 Å². The van der Waals surface area contributed by atoms with Gasteiger partial charge in [-0.05, 0) is 41.1 Å². The third-order valence-electron chi connectivity index (χ3n) is 3.15. The molecule has 106 valence electrons. The number of rotatable bonds is 5. The standard InChI is InChI=1S/C16H18BrNO2/c1-11(13-6-4-5-7-16(13)20-3)18-15-10-12(19-2)8-9-14(15)17/h4-11,18H,1-3H3. The first-order chi connectivity index (χ1) is 9.65. The Morgan fingerprint density at radius 2 is 1.80 bits per heavy atom. The molecule has 2 aromatic carbocycles. The molecule has 0 heterocycles. The van der Waals surface area contributed by atoms with E-state index in [0.717, 1.165) is 27.2 Å². The van der Waals surface area contributed by atoms with Crippen molar-refractivity contribution < 1.29 is 9.47 Å². The summed E-state index contributed by atoms with van der Waals surface area (Å²) in [6.45, 7) is 2.10. The maximum Gasteiger partial charge on any atom is 0.124 e. The minimum atomic E-state index is 0.120. The van der Waals surface area contributed by atoms with Crippen LogP contribution < -0.4 is 14.8 Å². The molecule has 0 saturated carbocycles. The zero-order valence-electron chi connectivity index (χ0n) is 11.8. The average molecular weight is 336 g/mol. The van der Waals surface area contributed by atoms with Crippen LogP contribution in [0.4, 0.5) is 5.69 Å². The molecule has 0 spiro atoms. The molecule has 1 unspecified atom stereocenters. The Balaban J connectivity index is 2.25. The minimum Gasteiger partial charge on any atom is -0.497 e. The predicted octanol–water partition coefficient (Wildman–Crippen LogP) is 4.64. The van der Waals surface area contributed by atoms with Crippen LogP contribution in [-0.2, 0) is 0 Å². The lowest BCUT2D eigenvalue weighted by molar-refractivity contribution is 0.408. The first-order valence-corrected chi connectivity index (χ1v) is 7.18. The second-order valence-corrected chi connectivity index (χ2v) is 5.31. The summed E-state index contributed by atoms with van der Waals surface area (Å²) in [5.41, 5.74) is 2.10. The Morgan fingerprint density at radius 1 is 1.05 bits per heavy atom. The van der Waals surface area contributed by atoms with Crippen LogP contribution in [0.5, 0.6) is 11.5 Å². The average Bonchev–Trinajstić information content (AvgIpc) is 2.49. The Morgan fingerprint density at radius 3 is 2.50 bits per heavy atom. The number of hydrogen-bond donors (Lipinski definition) is 1. The van der Waals surface area contributed by atoms with Crippen LogP contribution in [0.15, 0.2) is 46.9 Å². The van der Waals surface area contributed by atoms with Crippen molar-refractivity contribution in [2.45, 2.75) is 13.0 Å². The van der Waals surface area contributed by atoms with E-state index in [1.165, 1.54) is 0 Å². The van der Waals surface area contributed by atoms with Gasteiger partial charge in [-0.2, -0.15) is 0 Å². The molecule has 2 aromatic rings. The highest BCUT2D eigenvalue weighted by Crippen LogP contribution is 2.32. The van der Waals surface area contributed by atoms with Gasteiger partial charge >= 0.3 is 0 Å². The van der Waals surface area contributed by atoms with Crippen LogP contribution in [0.3, 0.4) is 0 Å². The van der Waals surface area contributed by atoms with Gasteiger partial charge in [0.1, 0.15) is 11.5 Å². The molecule has 0 amide bonds. The van der Waals surface area contributed by atoms with Crippen LogP contribution >= 0.6 is 15.9 Å². The van der Waals surface area contributed by atoms with E-state index in [1.807, 2.05) is 36.4 Å². The van der Waals surface area contributed by atoms with E-state index >= 15 is 0 Å². The van der Waals surface area contributed by atoms with Crippen molar-refractivity contribution in [1.82, 2.24) is 0 Å². The van der Waals surface area contributed by atoms with E-state index < -0.39 is 0 Å². The molecule has 1 atom stereocenters. The van der Waals surface area contributed by atoms with Gasteiger partial charge in [0.25, 0.3) is 0 Å². The van der Waals surface area contributed by atoms with E-state index in [-0.39, 0.29) is 6.04 Å². The maximum atomic E-state index is 5.40. The van der Waals surface area contributed by atoms with Crippen molar-refractivity contribution >= 4 is 21.6 Å². The molecule has 4 heteroatoms. The number of anilines is 1. The topological polar surface area (TPSA) is 30.5 Å². The van der Waals surface area contributed by atoms with E-state index in [0.29, 0.717) is 0 Å². The predicted molar refractivity (Wildman–Crippen MR) is 85.7 cm³/mol. The van der Waals surface area contributed by atoms with E-state index in [4.69, 9.17) is 9.47 Å². The molecule has 0 radical (unpaired) electrons. The van der Waals surface area contributed by atoms with Gasteiger partial charge in [0.05, 0.1) is 25.9 Å². The van der Waals surface area contributed by atoms with Crippen LogP contribution in [-0.4, -0.2) is 14.2 Å². The van der Waals surface area contributed by atoms with E-state index in [9.17, 15) is 0 Å². The quantitative estimate of drug-likeness (QED) is 0.863. The normalized spacial score (nSPS) is 11.8. The first kappa shape index (κ1) is 14.7. The molecule has 0 fully saturated rings. The largest absolute Gasteiger partial charge is 0.497 e. The Kier molecular flexibility index (Phi) is 4.90. The lowest BCUT2D eigenvalue weighted by Crippen LogP contribution is -2.08. The molecule has 2 rings (SSSR count). The second-order valence-electron chi connectivity index (χ2n) is 4.45. The minimum absolute atomic E-state index is 0.120. The van der Waals surface area contributed by atoms with Gasteiger partial charge < -0.3 is 14.8 Å². The molecule has 0 bridgehead atoms. The van der Waals surface area contributed by atoms with Crippen LogP contribution in [0.2, 0.25) is 0 Å². The maximum absolute atomic E-state index is 5.40. The third kappa shape index (κ3) is 3.25. The molecular weight excluding hydrogens is 318 g/mol. The summed E-state index contributed by atoms with van der Waals surface area (Å²) in [7, 11) is 3.35. The highest BCUT2D eigenvalue weighted by atomic mass is 79.9. The van der Waals surface area contributed by atoms with Gasteiger partial charge in [-0.3, -0.25) is 0 Å². The third-order valence-corrected chi connectivity index (χ3v) is 3.84. The van der Waals surface area contributed by atoms with Crippen LogP contribution in [0, 0.1) is 0 Å². The van der Waals surface area contributed by atoms with Crippen molar-refractivity contribution in [1.29, 1.82) is 0 Å². The van der Waals surface area contributed by atoms with Gasteiger partial charge in [0, 0.05) is 16.1 Å². The zero-order valence-corrected chi connectivity index (χ0v) is 13.4. The molecule has 0 saturated heterocycles.